The van der Waals surface area contributed by atoms with Crippen LogP contribution in [-0.2, 0) is 9.53 Å². The molecule has 1 saturated heterocycles. The van der Waals surface area contributed by atoms with Gasteiger partial charge in [-0.3, -0.25) is 4.79 Å². The van der Waals surface area contributed by atoms with Crippen LogP contribution >= 0.6 is 0 Å². The van der Waals surface area contributed by atoms with Crippen LogP contribution in [0, 0.1) is 11.8 Å². The number of ether oxygens (including phenoxy) is 1. The van der Waals surface area contributed by atoms with Crippen LogP contribution in [0.4, 0.5) is 0 Å². The Morgan fingerprint density at radius 1 is 1.62 bits per heavy atom. The van der Waals surface area contributed by atoms with E-state index < -0.39 is 5.54 Å². The van der Waals surface area contributed by atoms with E-state index in [4.69, 9.17) is 4.74 Å². The van der Waals surface area contributed by atoms with Gasteiger partial charge in [-0.2, -0.15) is 0 Å². The highest BCUT2D eigenvalue weighted by Crippen LogP contribution is 2.24. The predicted octanol–water partition coefficient (Wildman–Crippen LogP) is 0.693. The summed E-state index contributed by atoms with van der Waals surface area (Å²) in [5.41, 5.74) is -0.740. The lowest BCUT2D eigenvalue weighted by atomic mass is 10.0. The molecule has 3 heteroatoms. The third kappa shape index (κ3) is 3.47. The summed E-state index contributed by atoms with van der Waals surface area (Å²) in [6.07, 6.45) is 0. The van der Waals surface area contributed by atoms with Gasteiger partial charge in [-0.25, -0.2) is 0 Å². The van der Waals surface area contributed by atoms with Crippen LogP contribution in [0.2, 0.25) is 0 Å². The Morgan fingerprint density at radius 2 is 2.15 bits per heavy atom. The van der Waals surface area contributed by atoms with E-state index in [1.165, 1.54) is 6.92 Å². The van der Waals surface area contributed by atoms with E-state index in [0.29, 0.717) is 6.61 Å². The molecule has 1 unspecified atom stereocenters. The van der Waals surface area contributed by atoms with Crippen LogP contribution in [0.3, 0.4) is 0 Å². The maximum absolute atomic E-state index is 10.8. The summed E-state index contributed by atoms with van der Waals surface area (Å²) in [5, 5.41) is 2.75. The summed E-state index contributed by atoms with van der Waals surface area (Å²) in [7, 11) is 0. The highest BCUT2D eigenvalue weighted by Gasteiger charge is 2.37. The summed E-state index contributed by atoms with van der Waals surface area (Å²) in [6, 6.07) is 0. The minimum atomic E-state index is -0.471. The van der Waals surface area contributed by atoms with Crippen LogP contribution in [-0.4, -0.2) is 23.7 Å². The predicted molar refractivity (Wildman–Crippen MR) is 50.0 cm³/mol. The molecule has 1 amide bonds. The molecule has 0 aromatic carbocycles. The van der Waals surface area contributed by atoms with Crippen LogP contribution in [0.1, 0.15) is 27.7 Å². The number of hydrogen-bond acceptors (Lipinski definition) is 2. The smallest absolute Gasteiger partial charge is 0.218 e. The van der Waals surface area contributed by atoms with E-state index in [0.717, 1.165) is 0 Å². The van der Waals surface area contributed by atoms with E-state index in [1.54, 1.807) is 0 Å². The molecule has 0 spiro atoms. The highest BCUT2D eigenvalue weighted by atomic mass is 16.6. The quantitative estimate of drug-likeness (QED) is 0.478. The molecule has 1 N–H and O–H groups in total. The van der Waals surface area contributed by atoms with Crippen molar-refractivity contribution in [1.29, 1.82) is 0 Å². The summed E-state index contributed by atoms with van der Waals surface area (Å²) in [4.78, 5) is 10.8. The van der Waals surface area contributed by atoms with Crippen molar-refractivity contribution < 1.29 is 9.53 Å². The Balaban J connectivity index is 2.58. The number of epoxide rings is 1. The van der Waals surface area contributed by atoms with Gasteiger partial charge in [0.2, 0.25) is 5.91 Å². The average molecular weight is 181 g/mol. The lowest BCUT2D eigenvalue weighted by Crippen LogP contribution is -2.41. The summed E-state index contributed by atoms with van der Waals surface area (Å²) in [5.74, 6) is 5.91. The lowest BCUT2D eigenvalue weighted by molar-refractivity contribution is -0.119. The number of nitrogens with one attached hydrogen (secondary N) is 1. The van der Waals surface area contributed by atoms with Gasteiger partial charge < -0.3 is 10.1 Å². The van der Waals surface area contributed by atoms with Gasteiger partial charge in [0.05, 0.1) is 12.1 Å². The van der Waals surface area contributed by atoms with E-state index in [1.807, 2.05) is 20.8 Å². The third-order valence-corrected chi connectivity index (χ3v) is 1.71. The minimum Gasteiger partial charge on any atom is -0.356 e. The molecule has 0 aromatic heterocycles. The Hall–Kier alpha value is -1.01. The van der Waals surface area contributed by atoms with E-state index in [-0.39, 0.29) is 11.5 Å². The molecule has 1 rings (SSSR count). The van der Waals surface area contributed by atoms with Gasteiger partial charge in [0.25, 0.3) is 0 Å². The van der Waals surface area contributed by atoms with Crippen molar-refractivity contribution in [3.63, 3.8) is 0 Å². The van der Waals surface area contributed by atoms with Crippen molar-refractivity contribution in [2.45, 2.75) is 38.8 Å². The number of rotatable bonds is 1. The lowest BCUT2D eigenvalue weighted by Gasteiger charge is -2.18. The maximum Gasteiger partial charge on any atom is 0.218 e. The second-order valence-electron chi connectivity index (χ2n) is 4.08. The molecule has 1 atom stereocenters. The van der Waals surface area contributed by atoms with Gasteiger partial charge in [-0.15, -0.1) is 0 Å². The first-order chi connectivity index (χ1) is 5.83. The monoisotopic (exact) mass is 181 g/mol. The number of hydrogen-bond donors (Lipinski definition) is 1. The van der Waals surface area contributed by atoms with Crippen LogP contribution in [0.5, 0.6) is 0 Å². The van der Waals surface area contributed by atoms with Crippen molar-refractivity contribution in [3.05, 3.63) is 0 Å². The van der Waals surface area contributed by atoms with E-state index in [9.17, 15) is 4.79 Å². The first kappa shape index (κ1) is 10.1. The average Bonchev–Trinajstić information content (AvgIpc) is 2.63. The van der Waals surface area contributed by atoms with E-state index >= 15 is 0 Å². The second kappa shape index (κ2) is 3.04. The molecule has 3 nitrogen and oxygen atoms in total. The summed E-state index contributed by atoms with van der Waals surface area (Å²) >= 11 is 0. The number of amides is 1. The normalized spacial score (nSPS) is 25.8. The number of carbonyl (C=O) groups excluding carboxylic acids is 1. The SMILES string of the molecule is CC(=O)NC(C)(C)C#CC1(C)CO1. The maximum atomic E-state index is 10.8. The minimum absolute atomic E-state index is 0.0684. The zero-order chi connectivity index (χ0) is 10.1. The Kier molecular flexibility index (Phi) is 2.36. The molecule has 1 aliphatic rings. The molecule has 0 saturated carbocycles. The first-order valence-electron chi connectivity index (χ1n) is 4.30. The molecule has 1 aliphatic heterocycles. The molecule has 0 bridgehead atoms. The van der Waals surface area contributed by atoms with Crippen LogP contribution in [0.25, 0.3) is 0 Å². The molecule has 0 radical (unpaired) electrons. The largest absolute Gasteiger partial charge is 0.356 e. The van der Waals surface area contributed by atoms with Crippen LogP contribution < -0.4 is 5.32 Å². The molecular formula is C10H15NO2. The first-order valence-corrected chi connectivity index (χ1v) is 4.30. The Labute approximate surface area is 78.8 Å². The van der Waals surface area contributed by atoms with Gasteiger partial charge in [0.15, 0.2) is 0 Å². The van der Waals surface area contributed by atoms with Crippen LogP contribution in [0.15, 0.2) is 0 Å². The van der Waals surface area contributed by atoms with Crippen molar-refractivity contribution in [3.8, 4) is 11.8 Å². The van der Waals surface area contributed by atoms with E-state index in [2.05, 4.69) is 17.2 Å². The number of carbonyl (C=O) groups is 1. The van der Waals surface area contributed by atoms with Crippen molar-refractivity contribution >= 4 is 5.91 Å². The molecular weight excluding hydrogens is 166 g/mol. The van der Waals surface area contributed by atoms with Gasteiger partial charge in [0, 0.05) is 6.92 Å². The molecule has 1 heterocycles. The molecule has 72 valence electrons. The summed E-state index contributed by atoms with van der Waals surface area (Å²) in [6.45, 7) is 7.85. The topological polar surface area (TPSA) is 41.6 Å². The molecule has 0 aliphatic carbocycles. The van der Waals surface area contributed by atoms with Gasteiger partial charge in [-0.05, 0) is 20.8 Å². The highest BCUT2D eigenvalue weighted by molar-refractivity contribution is 5.74. The Morgan fingerprint density at radius 3 is 2.54 bits per heavy atom. The standard InChI is InChI=1S/C10H15NO2/c1-8(12)11-9(2,3)5-6-10(4)7-13-10/h7H2,1-4H3,(H,11,12). The van der Waals surface area contributed by atoms with Crippen molar-refractivity contribution in [1.82, 2.24) is 5.32 Å². The molecule has 1 fully saturated rings. The van der Waals surface area contributed by atoms with Gasteiger partial charge in [-0.1, -0.05) is 11.8 Å². The zero-order valence-electron chi connectivity index (χ0n) is 8.52. The third-order valence-electron chi connectivity index (χ3n) is 1.71. The molecule has 0 aromatic rings. The Bertz CT molecular complexity index is 279. The fraction of sp³-hybridized carbons (Fsp3) is 0.700. The van der Waals surface area contributed by atoms with Crippen molar-refractivity contribution in [2.75, 3.05) is 6.61 Å². The second-order valence-corrected chi connectivity index (χ2v) is 4.08. The zero-order valence-corrected chi connectivity index (χ0v) is 8.52. The van der Waals surface area contributed by atoms with Gasteiger partial charge in [0.1, 0.15) is 5.60 Å². The fourth-order valence-corrected chi connectivity index (χ4v) is 0.940. The molecule has 13 heavy (non-hydrogen) atoms. The fourth-order valence-electron chi connectivity index (χ4n) is 0.940. The summed E-state index contributed by atoms with van der Waals surface area (Å²) < 4.78 is 5.11. The van der Waals surface area contributed by atoms with Crippen molar-refractivity contribution in [2.24, 2.45) is 0 Å². The van der Waals surface area contributed by atoms with Gasteiger partial charge >= 0.3 is 0 Å².